The first-order valence-electron chi connectivity index (χ1n) is 4.52. The van der Waals surface area contributed by atoms with Crippen molar-refractivity contribution in [1.29, 1.82) is 0 Å². The van der Waals surface area contributed by atoms with Gasteiger partial charge >= 0.3 is 0 Å². The molecule has 0 aliphatic heterocycles. The lowest BCUT2D eigenvalue weighted by atomic mass is 10.6. The Hall–Kier alpha value is -0.850. The average Bonchev–Trinajstić information content (AvgIpc) is 2.17. The second-order valence-corrected chi connectivity index (χ2v) is 2.57. The molecule has 0 aromatic carbocycles. The van der Waals surface area contributed by atoms with Crippen molar-refractivity contribution in [2.24, 2.45) is 10.7 Å². The molecule has 84 valence electrons. The van der Waals surface area contributed by atoms with Gasteiger partial charge in [-0.05, 0) is 6.92 Å². The number of hydrogen-bond acceptors (Lipinski definition) is 4. The second-order valence-electron chi connectivity index (χ2n) is 2.57. The Morgan fingerprint density at radius 3 is 2.79 bits per heavy atom. The van der Waals surface area contributed by atoms with E-state index in [0.717, 1.165) is 0 Å². The molecule has 0 rings (SSSR count). The molecule has 0 aliphatic rings. The molecule has 0 aromatic rings. The average molecular weight is 205 g/mol. The lowest BCUT2D eigenvalue weighted by Crippen LogP contribution is -2.30. The number of rotatable bonds is 7. The number of aliphatic hydroxyl groups is 1. The molecule has 6 nitrogen and oxygen atoms in total. The van der Waals surface area contributed by atoms with Crippen molar-refractivity contribution >= 4 is 5.96 Å². The Labute approximate surface area is 84.1 Å². The maximum Gasteiger partial charge on any atom is 0.190 e. The monoisotopic (exact) mass is 205 g/mol. The van der Waals surface area contributed by atoms with Crippen LogP contribution in [0.5, 0.6) is 0 Å². The van der Waals surface area contributed by atoms with Crippen molar-refractivity contribution in [2.45, 2.75) is 13.2 Å². The fourth-order valence-corrected chi connectivity index (χ4v) is 0.742. The summed E-state index contributed by atoms with van der Waals surface area (Å²) in [6.45, 7) is 3.03. The van der Waals surface area contributed by atoms with E-state index in [9.17, 15) is 0 Å². The van der Waals surface area contributed by atoms with Crippen LogP contribution < -0.4 is 11.1 Å². The van der Waals surface area contributed by atoms with Crippen molar-refractivity contribution in [3.8, 4) is 0 Å². The van der Waals surface area contributed by atoms with Crippen molar-refractivity contribution < 1.29 is 14.6 Å². The minimum atomic E-state index is -0.292. The SMILES string of the molecule is CN/C(N)=N\C(C)OCCOCCO. The quantitative estimate of drug-likeness (QED) is 0.279. The van der Waals surface area contributed by atoms with Crippen molar-refractivity contribution in [3.63, 3.8) is 0 Å². The molecule has 0 heterocycles. The molecule has 0 aromatic heterocycles. The first kappa shape index (κ1) is 13.2. The number of aliphatic imine (C=N–C) groups is 1. The highest BCUT2D eigenvalue weighted by atomic mass is 16.5. The van der Waals surface area contributed by atoms with Crippen LogP contribution in [0.3, 0.4) is 0 Å². The molecule has 1 unspecified atom stereocenters. The van der Waals surface area contributed by atoms with Crippen LogP contribution in [0.25, 0.3) is 0 Å². The topological polar surface area (TPSA) is 89.1 Å². The molecule has 0 saturated carbocycles. The summed E-state index contributed by atoms with van der Waals surface area (Å²) in [4.78, 5) is 3.97. The van der Waals surface area contributed by atoms with Crippen molar-refractivity contribution in [2.75, 3.05) is 33.5 Å². The van der Waals surface area contributed by atoms with E-state index in [-0.39, 0.29) is 12.8 Å². The summed E-state index contributed by atoms with van der Waals surface area (Å²) >= 11 is 0. The molecule has 0 bridgehead atoms. The number of nitrogens with two attached hydrogens (primary N) is 1. The van der Waals surface area contributed by atoms with Gasteiger partial charge in [-0.15, -0.1) is 0 Å². The Bertz CT molecular complexity index is 164. The van der Waals surface area contributed by atoms with Crippen LogP contribution in [-0.4, -0.2) is 50.8 Å². The van der Waals surface area contributed by atoms with E-state index in [2.05, 4.69) is 10.3 Å². The lowest BCUT2D eigenvalue weighted by Gasteiger charge is -2.09. The van der Waals surface area contributed by atoms with Crippen LogP contribution in [-0.2, 0) is 9.47 Å². The van der Waals surface area contributed by atoms with Gasteiger partial charge in [-0.25, -0.2) is 4.99 Å². The van der Waals surface area contributed by atoms with Crippen LogP contribution in [0.4, 0.5) is 0 Å². The summed E-state index contributed by atoms with van der Waals surface area (Å²) in [5, 5.41) is 11.1. The van der Waals surface area contributed by atoms with Gasteiger partial charge in [0.15, 0.2) is 5.96 Å². The van der Waals surface area contributed by atoms with Gasteiger partial charge in [0, 0.05) is 7.05 Å². The predicted molar refractivity (Wildman–Crippen MR) is 54.0 cm³/mol. The van der Waals surface area contributed by atoms with Gasteiger partial charge < -0.3 is 25.6 Å². The van der Waals surface area contributed by atoms with E-state index in [4.69, 9.17) is 20.3 Å². The largest absolute Gasteiger partial charge is 0.394 e. The lowest BCUT2D eigenvalue weighted by molar-refractivity contribution is 0.00718. The standard InChI is InChI=1S/C8H19N3O3/c1-7(11-8(9)10-2)14-6-5-13-4-3-12/h7,12H,3-6H2,1-2H3,(H3,9,10,11). The Morgan fingerprint density at radius 1 is 1.50 bits per heavy atom. The van der Waals surface area contributed by atoms with Crippen LogP contribution in [0.1, 0.15) is 6.92 Å². The van der Waals surface area contributed by atoms with E-state index in [0.29, 0.717) is 25.8 Å². The van der Waals surface area contributed by atoms with Crippen LogP contribution in [0.15, 0.2) is 4.99 Å². The summed E-state index contributed by atoms with van der Waals surface area (Å²) in [5.74, 6) is 0.341. The van der Waals surface area contributed by atoms with Gasteiger partial charge in [0.25, 0.3) is 0 Å². The summed E-state index contributed by atoms with van der Waals surface area (Å²) in [5.41, 5.74) is 5.42. The number of guanidine groups is 1. The molecule has 6 heteroatoms. The van der Waals surface area contributed by atoms with E-state index in [1.54, 1.807) is 14.0 Å². The number of ether oxygens (including phenoxy) is 2. The maximum absolute atomic E-state index is 8.41. The first-order chi connectivity index (χ1) is 6.70. The van der Waals surface area contributed by atoms with E-state index in [1.165, 1.54) is 0 Å². The Morgan fingerprint density at radius 2 is 2.21 bits per heavy atom. The molecule has 0 saturated heterocycles. The minimum Gasteiger partial charge on any atom is -0.394 e. The predicted octanol–water partition coefficient (Wildman–Crippen LogP) is -1.11. The fraction of sp³-hybridized carbons (Fsp3) is 0.875. The zero-order valence-electron chi connectivity index (χ0n) is 8.69. The van der Waals surface area contributed by atoms with Gasteiger partial charge in [-0.3, -0.25) is 0 Å². The molecule has 1 atom stereocenters. The smallest absolute Gasteiger partial charge is 0.190 e. The molecule has 0 aliphatic carbocycles. The van der Waals surface area contributed by atoms with Gasteiger partial charge in [0.05, 0.1) is 26.4 Å². The van der Waals surface area contributed by atoms with Crippen LogP contribution in [0, 0.1) is 0 Å². The molecule has 0 spiro atoms. The zero-order chi connectivity index (χ0) is 10.8. The minimum absolute atomic E-state index is 0.0282. The summed E-state index contributed by atoms with van der Waals surface area (Å²) in [7, 11) is 1.69. The van der Waals surface area contributed by atoms with E-state index in [1.807, 2.05) is 0 Å². The summed E-state index contributed by atoms with van der Waals surface area (Å²) in [6.07, 6.45) is -0.292. The summed E-state index contributed by atoms with van der Waals surface area (Å²) in [6, 6.07) is 0. The maximum atomic E-state index is 8.41. The van der Waals surface area contributed by atoms with E-state index < -0.39 is 0 Å². The zero-order valence-corrected chi connectivity index (χ0v) is 8.69. The molecular formula is C8H19N3O3. The molecule has 0 fully saturated rings. The number of nitrogens with one attached hydrogen (secondary N) is 1. The molecule has 0 radical (unpaired) electrons. The molecule has 0 amide bonds. The molecule has 14 heavy (non-hydrogen) atoms. The van der Waals surface area contributed by atoms with E-state index >= 15 is 0 Å². The third kappa shape index (κ3) is 7.78. The third-order valence-corrected chi connectivity index (χ3v) is 1.40. The Balaban J connectivity index is 3.39. The fourth-order valence-electron chi connectivity index (χ4n) is 0.742. The highest BCUT2D eigenvalue weighted by Gasteiger charge is 1.99. The molecule has 4 N–H and O–H groups in total. The number of hydrogen-bond donors (Lipinski definition) is 3. The Kier molecular flexibility index (Phi) is 8.20. The highest BCUT2D eigenvalue weighted by molar-refractivity contribution is 5.77. The van der Waals surface area contributed by atoms with Crippen LogP contribution >= 0.6 is 0 Å². The van der Waals surface area contributed by atoms with Gasteiger partial charge in [0.1, 0.15) is 6.23 Å². The van der Waals surface area contributed by atoms with Gasteiger partial charge in [-0.1, -0.05) is 0 Å². The first-order valence-corrected chi connectivity index (χ1v) is 4.52. The second kappa shape index (κ2) is 8.74. The number of nitrogens with zero attached hydrogens (tertiary/aromatic N) is 1. The molecular weight excluding hydrogens is 186 g/mol. The van der Waals surface area contributed by atoms with Gasteiger partial charge in [-0.2, -0.15) is 0 Å². The van der Waals surface area contributed by atoms with Crippen molar-refractivity contribution in [1.82, 2.24) is 5.32 Å². The van der Waals surface area contributed by atoms with Crippen LogP contribution in [0.2, 0.25) is 0 Å². The highest BCUT2D eigenvalue weighted by Crippen LogP contribution is 1.91. The summed E-state index contributed by atoms with van der Waals surface area (Å²) < 4.78 is 10.2. The van der Waals surface area contributed by atoms with Crippen molar-refractivity contribution in [3.05, 3.63) is 0 Å². The third-order valence-electron chi connectivity index (χ3n) is 1.40. The number of aliphatic hydroxyl groups excluding tert-OH is 1. The normalized spacial score (nSPS) is 14.1. The van der Waals surface area contributed by atoms with Gasteiger partial charge in [0.2, 0.25) is 0 Å².